The number of rotatable bonds is 12. The fourth-order valence-corrected chi connectivity index (χ4v) is 3.35. The molecule has 2 amide bonds. The van der Waals surface area contributed by atoms with E-state index in [-0.39, 0.29) is 25.5 Å². The first kappa shape index (κ1) is 37.7. The van der Waals surface area contributed by atoms with Crippen molar-refractivity contribution in [2.45, 2.75) is 40.3 Å². The van der Waals surface area contributed by atoms with Crippen molar-refractivity contribution in [3.05, 3.63) is 90.1 Å². The minimum atomic E-state index is -0.813. The first-order valence-corrected chi connectivity index (χ1v) is 14.6. The van der Waals surface area contributed by atoms with Gasteiger partial charge in [-0.2, -0.15) is 0 Å². The Hall–Kier alpha value is -3.28. The molecule has 3 aromatic rings. The normalized spacial score (nSPS) is 10.6. The van der Waals surface area contributed by atoms with Gasteiger partial charge in [-0.05, 0) is 36.8 Å². The highest BCUT2D eigenvalue weighted by atomic mass is 32.2. The zero-order valence-electron chi connectivity index (χ0n) is 25.1. The minimum Gasteiger partial charge on any atom is -0.400 e. The van der Waals surface area contributed by atoms with Crippen LogP contribution in [0.1, 0.15) is 31.9 Å². The number of nitrogens with one attached hydrogen (secondary N) is 3. The Labute approximate surface area is 249 Å². The fraction of sp³-hybridized carbons (Fsp3) is 0.387. The third-order valence-electron chi connectivity index (χ3n) is 4.76. The van der Waals surface area contributed by atoms with Crippen LogP contribution in [-0.2, 0) is 16.1 Å². The molecule has 0 spiro atoms. The van der Waals surface area contributed by atoms with Gasteiger partial charge in [0.1, 0.15) is 0 Å². The summed E-state index contributed by atoms with van der Waals surface area (Å²) >= 11 is 1.35. The number of nitrogens with zero attached hydrogens (tertiary/aromatic N) is 2. The molecule has 0 radical (unpaired) electrons. The van der Waals surface area contributed by atoms with E-state index in [1.165, 1.54) is 17.5 Å². The third-order valence-corrected chi connectivity index (χ3v) is 5.19. The summed E-state index contributed by atoms with van der Waals surface area (Å²) in [5.74, 6) is 0.620. The second-order valence-corrected chi connectivity index (χ2v) is 10.1. The molecule has 1 heterocycles. The number of aryl methyl sites for hydroxylation is 1. The van der Waals surface area contributed by atoms with Crippen molar-refractivity contribution in [3.8, 4) is 11.3 Å². The molecule has 2 aromatic carbocycles. The SMILES string of the molecule is CC(C)C.CO.CSNCC(=O)NN(Cc1ccc(-c2ccccn2)cc1)CC(O)CNC=O.Cc1ccccc1. The number of hydrogen-bond donors (Lipinski definition) is 5. The topological polar surface area (TPSA) is 127 Å². The molecule has 1 unspecified atom stereocenters. The van der Waals surface area contributed by atoms with Crippen LogP contribution < -0.4 is 15.5 Å². The predicted molar refractivity (Wildman–Crippen MR) is 170 cm³/mol. The van der Waals surface area contributed by atoms with E-state index in [0.29, 0.717) is 13.0 Å². The summed E-state index contributed by atoms with van der Waals surface area (Å²) in [5.41, 5.74) is 6.96. The summed E-state index contributed by atoms with van der Waals surface area (Å²) in [6.45, 7) is 9.43. The molecule has 1 atom stereocenters. The monoisotopic (exact) mass is 585 g/mol. The van der Waals surface area contributed by atoms with Gasteiger partial charge in [0.2, 0.25) is 12.3 Å². The number of hydrazine groups is 1. The van der Waals surface area contributed by atoms with Gasteiger partial charge in [0, 0.05) is 38.5 Å². The first-order chi connectivity index (χ1) is 19.7. The maximum absolute atomic E-state index is 12.0. The lowest BCUT2D eigenvalue weighted by Crippen LogP contribution is -2.49. The summed E-state index contributed by atoms with van der Waals surface area (Å²) in [6.07, 6.45) is 3.30. The van der Waals surface area contributed by atoms with Crippen LogP contribution in [0.2, 0.25) is 0 Å². The van der Waals surface area contributed by atoms with Crippen LogP contribution in [0.25, 0.3) is 11.3 Å². The number of carbonyl (C=O) groups is 2. The van der Waals surface area contributed by atoms with Gasteiger partial charge in [-0.1, -0.05) is 98.9 Å². The smallest absolute Gasteiger partial charge is 0.249 e. The molecule has 0 aliphatic rings. The number of aliphatic hydroxyl groups excluding tert-OH is 2. The lowest BCUT2D eigenvalue weighted by Gasteiger charge is -2.26. The van der Waals surface area contributed by atoms with Crippen molar-refractivity contribution >= 4 is 24.3 Å². The Bertz CT molecular complexity index is 1040. The number of benzene rings is 2. The molecule has 0 saturated heterocycles. The van der Waals surface area contributed by atoms with Gasteiger partial charge >= 0.3 is 0 Å². The second kappa shape index (κ2) is 24.5. The highest BCUT2D eigenvalue weighted by Crippen LogP contribution is 2.17. The molecule has 0 aliphatic carbocycles. The summed E-state index contributed by atoms with van der Waals surface area (Å²) in [4.78, 5) is 26.8. The molecule has 226 valence electrons. The predicted octanol–water partition coefficient (Wildman–Crippen LogP) is 3.82. The van der Waals surface area contributed by atoms with E-state index in [4.69, 9.17) is 5.11 Å². The molecule has 0 fully saturated rings. The molecule has 9 nitrogen and oxygen atoms in total. The minimum absolute atomic E-state index is 0.109. The molecule has 0 saturated carbocycles. The Balaban J connectivity index is 0.00000102. The number of amides is 2. The van der Waals surface area contributed by atoms with Crippen LogP contribution in [-0.4, -0.2) is 71.6 Å². The van der Waals surface area contributed by atoms with E-state index >= 15 is 0 Å². The lowest BCUT2D eigenvalue weighted by molar-refractivity contribution is -0.125. The average Bonchev–Trinajstić information content (AvgIpc) is 2.97. The molecular weight excluding hydrogens is 538 g/mol. The van der Waals surface area contributed by atoms with Gasteiger partial charge in [-0.15, -0.1) is 0 Å². The van der Waals surface area contributed by atoms with Crippen molar-refractivity contribution in [1.82, 2.24) is 25.5 Å². The molecule has 5 N–H and O–H groups in total. The Morgan fingerprint density at radius 3 is 2.10 bits per heavy atom. The summed E-state index contributed by atoms with van der Waals surface area (Å²) < 4.78 is 2.88. The van der Waals surface area contributed by atoms with Crippen LogP contribution in [0, 0.1) is 12.8 Å². The molecular formula is C31H47N5O4S. The number of hydrogen-bond acceptors (Lipinski definition) is 8. The van der Waals surface area contributed by atoms with E-state index in [1.54, 1.807) is 11.2 Å². The van der Waals surface area contributed by atoms with E-state index in [0.717, 1.165) is 29.8 Å². The molecule has 10 heteroatoms. The highest BCUT2D eigenvalue weighted by molar-refractivity contribution is 7.96. The van der Waals surface area contributed by atoms with Crippen LogP contribution in [0.4, 0.5) is 0 Å². The second-order valence-electron chi connectivity index (χ2n) is 9.42. The van der Waals surface area contributed by atoms with E-state index in [9.17, 15) is 14.7 Å². The average molecular weight is 586 g/mol. The number of aromatic nitrogens is 1. The van der Waals surface area contributed by atoms with Gasteiger partial charge in [0.05, 0.1) is 18.3 Å². The largest absolute Gasteiger partial charge is 0.400 e. The molecule has 1 aromatic heterocycles. The van der Waals surface area contributed by atoms with Crippen molar-refractivity contribution in [2.75, 3.05) is 33.0 Å². The van der Waals surface area contributed by atoms with E-state index in [2.05, 4.69) is 60.3 Å². The quantitative estimate of drug-likeness (QED) is 0.123. The Morgan fingerprint density at radius 1 is 1.00 bits per heavy atom. The fourth-order valence-electron chi connectivity index (χ4n) is 3.08. The summed E-state index contributed by atoms with van der Waals surface area (Å²) in [6, 6.07) is 23.9. The van der Waals surface area contributed by atoms with Crippen molar-refractivity contribution in [3.63, 3.8) is 0 Å². The van der Waals surface area contributed by atoms with Gasteiger partial charge in [0.25, 0.3) is 0 Å². The maximum Gasteiger partial charge on any atom is 0.249 e. The zero-order chi connectivity index (χ0) is 30.9. The van der Waals surface area contributed by atoms with Gasteiger partial charge in [-0.25, -0.2) is 5.01 Å². The maximum atomic E-state index is 12.0. The molecule has 0 aliphatic heterocycles. The summed E-state index contributed by atoms with van der Waals surface area (Å²) in [7, 11) is 1.00. The van der Waals surface area contributed by atoms with Crippen LogP contribution in [0.5, 0.6) is 0 Å². The molecule has 3 rings (SSSR count). The van der Waals surface area contributed by atoms with E-state index < -0.39 is 6.10 Å². The molecule has 0 bridgehead atoms. The first-order valence-electron chi connectivity index (χ1n) is 13.4. The van der Waals surface area contributed by atoms with Crippen LogP contribution in [0.15, 0.2) is 79.0 Å². The number of aliphatic hydroxyl groups is 2. The van der Waals surface area contributed by atoms with Crippen LogP contribution >= 0.6 is 11.9 Å². The van der Waals surface area contributed by atoms with Gasteiger partial charge in [0.15, 0.2) is 0 Å². The number of pyridine rings is 1. The highest BCUT2D eigenvalue weighted by Gasteiger charge is 2.15. The third kappa shape index (κ3) is 20.3. The number of carbonyl (C=O) groups excluding carboxylic acids is 2. The lowest BCUT2D eigenvalue weighted by atomic mass is 10.1. The van der Waals surface area contributed by atoms with E-state index in [1.807, 2.05) is 66.9 Å². The van der Waals surface area contributed by atoms with Crippen molar-refractivity contribution in [1.29, 1.82) is 0 Å². The summed E-state index contributed by atoms with van der Waals surface area (Å²) in [5, 5.41) is 21.1. The van der Waals surface area contributed by atoms with Crippen molar-refractivity contribution < 1.29 is 19.8 Å². The van der Waals surface area contributed by atoms with Gasteiger partial charge < -0.3 is 15.5 Å². The standard InChI is InChI=1S/C19H25N5O3S.C7H8.C4H10.CH4O/c1-28-22-11-19(27)23-24(13-17(26)10-20-14-25)12-15-5-7-16(8-6-15)18-4-2-3-9-21-18;1-7-5-3-2-4-6-7;1-4(2)3;1-2/h2-9,14,17,22,26H,10-13H2,1H3,(H,20,25)(H,23,27);2-6H,1H3;4H,1-3H3;2H,1H3. The van der Waals surface area contributed by atoms with Crippen molar-refractivity contribution in [2.24, 2.45) is 5.92 Å². The zero-order valence-corrected chi connectivity index (χ0v) is 25.9. The Morgan fingerprint density at radius 2 is 1.61 bits per heavy atom. The Kier molecular flexibility index (Phi) is 22.6. The van der Waals surface area contributed by atoms with Crippen LogP contribution in [0.3, 0.4) is 0 Å². The molecule has 41 heavy (non-hydrogen) atoms. The van der Waals surface area contributed by atoms with Gasteiger partial charge in [-0.3, -0.25) is 24.7 Å².